The highest BCUT2D eigenvalue weighted by molar-refractivity contribution is 6.74. The van der Waals surface area contributed by atoms with Gasteiger partial charge >= 0.3 is 0 Å². The van der Waals surface area contributed by atoms with Gasteiger partial charge in [0.2, 0.25) is 11.8 Å². The number of nitrogens with zero attached hydrogens (tertiary/aromatic N) is 1. The Labute approximate surface area is 209 Å². The molecule has 0 saturated heterocycles. The monoisotopic (exact) mass is 500 g/mol. The van der Waals surface area contributed by atoms with E-state index in [9.17, 15) is 14.4 Å². The Balaban J connectivity index is 1.69. The molecule has 0 unspecified atom stereocenters. The lowest BCUT2D eigenvalue weighted by atomic mass is 9.83. The second-order valence-electron chi connectivity index (χ2n) is 11.2. The number of para-hydroxylation sites is 1. The molecular weight excluding hydrogens is 460 g/mol. The number of fused-ring (bicyclic) bond motifs is 1. The number of aryl methyl sites for hydroxylation is 1. The summed E-state index contributed by atoms with van der Waals surface area (Å²) in [4.78, 5) is 38.5. The summed E-state index contributed by atoms with van der Waals surface area (Å²) < 4.78 is 8.01. The number of nitrogens with two attached hydrogens (primary N) is 1. The van der Waals surface area contributed by atoms with Crippen LogP contribution in [0.2, 0.25) is 18.1 Å². The molecule has 0 bridgehead atoms. The molecule has 1 aliphatic rings. The minimum Gasteiger partial charge on any atom is -0.414 e. The van der Waals surface area contributed by atoms with Gasteiger partial charge in [0.05, 0.1) is 12.5 Å². The average Bonchev–Trinajstić information content (AvgIpc) is 3.12. The molecule has 0 spiro atoms. The van der Waals surface area contributed by atoms with E-state index in [0.717, 1.165) is 23.7 Å². The van der Waals surface area contributed by atoms with Crippen molar-refractivity contribution in [3.8, 4) is 0 Å². The lowest BCUT2D eigenvalue weighted by molar-refractivity contribution is -0.131. The highest BCUT2D eigenvalue weighted by atomic mass is 28.4. The number of primary amides is 1. The minimum absolute atomic E-state index is 0.0281. The minimum atomic E-state index is -2.12. The summed E-state index contributed by atoms with van der Waals surface area (Å²) in [5.41, 5.74) is 7.13. The highest BCUT2D eigenvalue weighted by Crippen LogP contribution is 2.36. The van der Waals surface area contributed by atoms with Crippen molar-refractivity contribution in [1.82, 2.24) is 15.2 Å². The Kier molecular flexibility index (Phi) is 8.11. The summed E-state index contributed by atoms with van der Waals surface area (Å²) in [7, 11) is -0.252. The molecule has 4 N–H and O–H groups in total. The summed E-state index contributed by atoms with van der Waals surface area (Å²) in [5.74, 6) is -1.53. The van der Waals surface area contributed by atoms with Gasteiger partial charge in [-0.1, -0.05) is 51.8 Å². The zero-order valence-corrected chi connectivity index (χ0v) is 22.8. The SMILES string of the molecule is Cn1c(C(=O)N[C@H]2CCCC[C@H]2C(=O)N[C@@H](CO[Si](C)(C)C(C)(C)C)C(N)=O)cc2ccccc21. The van der Waals surface area contributed by atoms with Crippen LogP contribution in [0.4, 0.5) is 0 Å². The molecule has 1 heterocycles. The zero-order chi connectivity index (χ0) is 26.0. The largest absolute Gasteiger partial charge is 0.414 e. The van der Waals surface area contributed by atoms with E-state index in [-0.39, 0.29) is 29.5 Å². The van der Waals surface area contributed by atoms with Crippen LogP contribution in [0.15, 0.2) is 30.3 Å². The number of benzene rings is 1. The van der Waals surface area contributed by atoms with Crippen molar-refractivity contribution in [3.63, 3.8) is 0 Å². The van der Waals surface area contributed by atoms with Gasteiger partial charge < -0.3 is 25.4 Å². The zero-order valence-electron chi connectivity index (χ0n) is 21.8. The molecule has 3 atom stereocenters. The smallest absolute Gasteiger partial charge is 0.268 e. The van der Waals surface area contributed by atoms with E-state index < -0.39 is 26.2 Å². The second-order valence-corrected chi connectivity index (χ2v) is 16.0. The predicted octanol–water partition coefficient (Wildman–Crippen LogP) is 3.46. The van der Waals surface area contributed by atoms with Crippen LogP contribution in [0.1, 0.15) is 56.9 Å². The molecule has 9 heteroatoms. The van der Waals surface area contributed by atoms with E-state index in [1.165, 1.54) is 0 Å². The highest BCUT2D eigenvalue weighted by Gasteiger charge is 2.39. The molecule has 3 amide bonds. The van der Waals surface area contributed by atoms with Gasteiger partial charge in [-0.05, 0) is 43.1 Å². The van der Waals surface area contributed by atoms with Crippen LogP contribution in [0, 0.1) is 5.92 Å². The van der Waals surface area contributed by atoms with E-state index in [1.807, 2.05) is 41.9 Å². The van der Waals surface area contributed by atoms with Crippen LogP contribution in [0.25, 0.3) is 10.9 Å². The predicted molar refractivity (Wildman–Crippen MR) is 140 cm³/mol. The molecule has 8 nitrogen and oxygen atoms in total. The first kappa shape index (κ1) is 26.9. The fourth-order valence-electron chi connectivity index (χ4n) is 4.35. The number of aromatic nitrogens is 1. The topological polar surface area (TPSA) is 115 Å². The maximum absolute atomic E-state index is 13.3. The maximum atomic E-state index is 13.3. The average molecular weight is 501 g/mol. The molecule has 2 aromatic rings. The van der Waals surface area contributed by atoms with Gasteiger partial charge in [0.15, 0.2) is 8.32 Å². The van der Waals surface area contributed by atoms with E-state index in [0.29, 0.717) is 18.5 Å². The molecule has 192 valence electrons. The summed E-state index contributed by atoms with van der Waals surface area (Å²) in [6.07, 6.45) is 3.16. The molecule has 1 aromatic heterocycles. The van der Waals surface area contributed by atoms with Gasteiger partial charge in [0.25, 0.3) is 5.91 Å². The van der Waals surface area contributed by atoms with Gasteiger partial charge in [-0.15, -0.1) is 0 Å². The Hall–Kier alpha value is -2.65. The van der Waals surface area contributed by atoms with Gasteiger partial charge in [0, 0.05) is 24.0 Å². The van der Waals surface area contributed by atoms with Gasteiger partial charge in [-0.25, -0.2) is 0 Å². The standard InChI is InChI=1S/C26H40N4O4Si/c1-26(2,3)35(5,6)34-16-20(23(27)31)29-24(32)18-12-8-9-13-19(18)28-25(33)22-15-17-11-7-10-14-21(17)30(22)4/h7,10-11,14-15,18-20H,8-9,12-13,16H2,1-6H3,(H2,27,31)(H,28,33)(H,29,32)/t18-,19+,20+/m1/s1. The van der Waals surface area contributed by atoms with Gasteiger partial charge in [-0.2, -0.15) is 0 Å². The number of carbonyl (C=O) groups is 3. The first-order chi connectivity index (χ1) is 16.3. The summed E-state index contributed by atoms with van der Waals surface area (Å²) in [6, 6.07) is 8.46. The van der Waals surface area contributed by atoms with Crippen LogP contribution in [0.5, 0.6) is 0 Å². The number of hydrogen-bond donors (Lipinski definition) is 3. The fourth-order valence-corrected chi connectivity index (χ4v) is 5.36. The van der Waals surface area contributed by atoms with Crippen molar-refractivity contribution in [2.75, 3.05) is 6.61 Å². The number of nitrogens with one attached hydrogen (secondary N) is 2. The lowest BCUT2D eigenvalue weighted by Gasteiger charge is -2.37. The third-order valence-corrected chi connectivity index (χ3v) is 12.2. The quantitative estimate of drug-likeness (QED) is 0.481. The third-order valence-electron chi connectivity index (χ3n) is 7.68. The first-order valence-corrected chi connectivity index (χ1v) is 15.3. The number of amides is 3. The molecule has 1 aromatic carbocycles. The van der Waals surface area contributed by atoms with E-state index >= 15 is 0 Å². The van der Waals surface area contributed by atoms with Crippen LogP contribution >= 0.6 is 0 Å². The normalized spacial score (nSPS) is 19.8. The van der Waals surface area contributed by atoms with Crippen LogP contribution in [-0.4, -0.2) is 49.3 Å². The Bertz CT molecular complexity index is 1090. The third kappa shape index (κ3) is 6.13. The van der Waals surface area contributed by atoms with E-state index in [4.69, 9.17) is 10.2 Å². The maximum Gasteiger partial charge on any atom is 0.268 e. The van der Waals surface area contributed by atoms with Gasteiger partial charge in [0.1, 0.15) is 11.7 Å². The number of rotatable bonds is 8. The molecule has 3 rings (SSSR count). The van der Waals surface area contributed by atoms with Crippen molar-refractivity contribution >= 4 is 36.9 Å². The van der Waals surface area contributed by atoms with Crippen molar-refractivity contribution in [2.24, 2.45) is 18.7 Å². The summed E-state index contributed by atoms with van der Waals surface area (Å²) in [5, 5.41) is 6.86. The Morgan fingerprint density at radius 2 is 1.83 bits per heavy atom. The van der Waals surface area contributed by atoms with Crippen molar-refractivity contribution in [3.05, 3.63) is 36.0 Å². The van der Waals surface area contributed by atoms with Crippen molar-refractivity contribution in [2.45, 2.75) is 76.7 Å². The van der Waals surface area contributed by atoms with Gasteiger partial charge in [-0.3, -0.25) is 14.4 Å². The van der Waals surface area contributed by atoms with Crippen LogP contribution in [0.3, 0.4) is 0 Å². The molecule has 1 fully saturated rings. The molecular formula is C26H40N4O4Si. The van der Waals surface area contributed by atoms with E-state index in [1.54, 1.807) is 0 Å². The van der Waals surface area contributed by atoms with Crippen LogP contribution in [-0.2, 0) is 21.1 Å². The lowest BCUT2D eigenvalue weighted by Crippen LogP contribution is -2.55. The molecule has 1 saturated carbocycles. The molecule has 35 heavy (non-hydrogen) atoms. The van der Waals surface area contributed by atoms with E-state index in [2.05, 4.69) is 44.5 Å². The number of carbonyl (C=O) groups excluding carboxylic acids is 3. The first-order valence-electron chi connectivity index (χ1n) is 12.4. The Morgan fingerprint density at radius 1 is 1.17 bits per heavy atom. The van der Waals surface area contributed by atoms with Crippen molar-refractivity contribution < 1.29 is 18.8 Å². The molecule has 1 aliphatic carbocycles. The van der Waals surface area contributed by atoms with Crippen molar-refractivity contribution in [1.29, 1.82) is 0 Å². The second kappa shape index (κ2) is 10.5. The molecule has 0 aliphatic heterocycles. The van der Waals surface area contributed by atoms with Crippen LogP contribution < -0.4 is 16.4 Å². The number of hydrogen-bond acceptors (Lipinski definition) is 4. The Morgan fingerprint density at radius 3 is 2.46 bits per heavy atom. The fraction of sp³-hybridized carbons (Fsp3) is 0.577. The summed E-state index contributed by atoms with van der Waals surface area (Å²) >= 11 is 0. The summed E-state index contributed by atoms with van der Waals surface area (Å²) in [6.45, 7) is 10.6. The molecule has 0 radical (unpaired) electrons.